The molecule has 0 radical (unpaired) electrons. The number of fused-ring (bicyclic) bond motifs is 1. The Morgan fingerprint density at radius 2 is 1.62 bits per heavy atom. The molecule has 24 heavy (non-hydrogen) atoms. The number of nitrogens with zero attached hydrogens (tertiary/aromatic N) is 3. The zero-order chi connectivity index (χ0) is 17.8. The highest BCUT2D eigenvalue weighted by Gasteiger charge is 2.45. The minimum absolute atomic E-state index is 0.255. The summed E-state index contributed by atoms with van der Waals surface area (Å²) < 4.78 is 27.8. The molecule has 2 heterocycles. The van der Waals surface area contributed by atoms with E-state index in [-0.39, 0.29) is 5.92 Å². The fourth-order valence-electron chi connectivity index (χ4n) is 3.74. The van der Waals surface area contributed by atoms with Gasteiger partial charge in [-0.2, -0.15) is 0 Å². The van der Waals surface area contributed by atoms with Crippen LogP contribution in [0.2, 0.25) is 0 Å². The molecule has 3 rings (SSSR count). The van der Waals surface area contributed by atoms with Gasteiger partial charge < -0.3 is 0 Å². The predicted molar refractivity (Wildman–Crippen MR) is 95.9 cm³/mol. The van der Waals surface area contributed by atoms with Crippen LogP contribution in [0, 0.1) is 27.7 Å². The fourth-order valence-corrected chi connectivity index (χ4v) is 5.77. The van der Waals surface area contributed by atoms with Crippen molar-refractivity contribution in [3.8, 4) is 0 Å². The lowest BCUT2D eigenvalue weighted by Gasteiger charge is -2.37. The van der Waals surface area contributed by atoms with E-state index in [1.54, 1.807) is 13.2 Å². The van der Waals surface area contributed by atoms with Crippen molar-refractivity contribution in [3.05, 3.63) is 52.0 Å². The van der Waals surface area contributed by atoms with Crippen LogP contribution in [0.15, 0.2) is 18.5 Å². The molecule has 2 atom stereocenters. The molecule has 1 aromatic heterocycles. The van der Waals surface area contributed by atoms with Crippen LogP contribution in [0.3, 0.4) is 0 Å². The van der Waals surface area contributed by atoms with E-state index >= 15 is 0 Å². The van der Waals surface area contributed by atoms with Gasteiger partial charge in [-0.1, -0.05) is 13.0 Å². The Morgan fingerprint density at radius 1 is 1.00 bits per heavy atom. The molecule has 0 spiro atoms. The molecule has 1 aromatic carbocycles. The molecule has 5 nitrogen and oxygen atoms in total. The fraction of sp³-hybridized carbons (Fsp3) is 0.444. The van der Waals surface area contributed by atoms with Crippen molar-refractivity contribution < 1.29 is 8.42 Å². The minimum atomic E-state index is -3.56. The maximum atomic E-state index is 13.2. The first-order valence-corrected chi connectivity index (χ1v) is 9.54. The third-order valence-electron chi connectivity index (χ3n) is 5.29. The molecule has 128 valence electrons. The Bertz CT molecular complexity index is 922. The van der Waals surface area contributed by atoms with Crippen LogP contribution >= 0.6 is 0 Å². The van der Waals surface area contributed by atoms with Crippen molar-refractivity contribution in [2.75, 3.05) is 11.4 Å². The van der Waals surface area contributed by atoms with Crippen LogP contribution in [0.5, 0.6) is 0 Å². The van der Waals surface area contributed by atoms with Gasteiger partial charge in [-0.15, -0.1) is 0 Å². The number of aromatic nitrogens is 2. The maximum Gasteiger partial charge on any atom is 0.243 e. The molecular weight excluding hydrogens is 322 g/mol. The number of benzene rings is 1. The zero-order valence-corrected chi connectivity index (χ0v) is 15.8. The summed E-state index contributed by atoms with van der Waals surface area (Å²) in [7, 11) is -2.00. The molecule has 2 aromatic rings. The van der Waals surface area contributed by atoms with Gasteiger partial charge in [-0.25, -0.2) is 13.4 Å². The lowest BCUT2D eigenvalue weighted by molar-refractivity contribution is 0.550. The number of rotatable bonds is 1. The molecule has 0 saturated carbocycles. The topological polar surface area (TPSA) is 63.2 Å². The Labute approximate surface area is 143 Å². The average molecular weight is 345 g/mol. The molecule has 0 aliphatic carbocycles. The third kappa shape index (κ3) is 2.24. The van der Waals surface area contributed by atoms with Crippen molar-refractivity contribution in [3.63, 3.8) is 0 Å². The van der Waals surface area contributed by atoms with Crippen molar-refractivity contribution in [2.45, 2.75) is 45.8 Å². The van der Waals surface area contributed by atoms with Gasteiger partial charge in [0.25, 0.3) is 0 Å². The summed E-state index contributed by atoms with van der Waals surface area (Å²) in [6.07, 6.45) is 3.16. The van der Waals surface area contributed by atoms with Crippen LogP contribution in [0.25, 0.3) is 0 Å². The second kappa shape index (κ2) is 5.55. The first kappa shape index (κ1) is 16.9. The van der Waals surface area contributed by atoms with Crippen LogP contribution in [-0.2, 0) is 10.0 Å². The molecule has 0 bridgehead atoms. The number of sulfonamides is 1. The zero-order valence-electron chi connectivity index (χ0n) is 15.0. The SMILES string of the molecule is Cc1cc(C)c(C2C(C)c3nccnc3N(C)S2(=O)=O)c(C)c1C. The van der Waals surface area contributed by atoms with Gasteiger partial charge in [0.15, 0.2) is 5.82 Å². The summed E-state index contributed by atoms with van der Waals surface area (Å²) in [6, 6.07) is 2.08. The molecule has 0 fully saturated rings. The van der Waals surface area contributed by atoms with E-state index in [1.165, 1.54) is 16.1 Å². The molecule has 0 saturated heterocycles. The molecule has 0 amide bonds. The van der Waals surface area contributed by atoms with Gasteiger partial charge in [0.2, 0.25) is 10.0 Å². The van der Waals surface area contributed by atoms with Gasteiger partial charge in [-0.3, -0.25) is 9.29 Å². The lowest BCUT2D eigenvalue weighted by Crippen LogP contribution is -2.40. The monoisotopic (exact) mass is 345 g/mol. The Hall–Kier alpha value is -1.95. The number of anilines is 1. The van der Waals surface area contributed by atoms with Crippen LogP contribution in [-0.4, -0.2) is 25.4 Å². The number of hydrogen-bond acceptors (Lipinski definition) is 4. The van der Waals surface area contributed by atoms with Gasteiger partial charge in [0, 0.05) is 25.4 Å². The van der Waals surface area contributed by atoms with E-state index in [0.717, 1.165) is 27.9 Å². The molecular formula is C18H23N3O2S. The normalized spacial score (nSPS) is 22.3. The van der Waals surface area contributed by atoms with Gasteiger partial charge in [-0.05, 0) is 55.5 Å². The summed E-state index contributed by atoms with van der Waals surface area (Å²) in [6.45, 7) is 10.0. The van der Waals surface area contributed by atoms with Crippen LogP contribution < -0.4 is 4.31 Å². The van der Waals surface area contributed by atoms with Crippen LogP contribution in [0.1, 0.15) is 51.6 Å². The van der Waals surface area contributed by atoms with Crippen molar-refractivity contribution in [2.24, 2.45) is 0 Å². The van der Waals surface area contributed by atoms with Crippen LogP contribution in [0.4, 0.5) is 5.82 Å². The van der Waals surface area contributed by atoms with E-state index in [0.29, 0.717) is 5.82 Å². The molecule has 1 aliphatic rings. The highest BCUT2D eigenvalue weighted by atomic mass is 32.2. The summed E-state index contributed by atoms with van der Waals surface area (Å²) in [5.41, 5.74) is 6.02. The van der Waals surface area contributed by atoms with Crippen molar-refractivity contribution in [1.29, 1.82) is 0 Å². The smallest absolute Gasteiger partial charge is 0.243 e. The Kier molecular flexibility index (Phi) is 3.91. The maximum absolute atomic E-state index is 13.2. The summed E-state index contributed by atoms with van der Waals surface area (Å²) >= 11 is 0. The predicted octanol–water partition coefficient (Wildman–Crippen LogP) is 3.33. The van der Waals surface area contributed by atoms with E-state index in [9.17, 15) is 8.42 Å². The first-order chi connectivity index (χ1) is 11.2. The van der Waals surface area contributed by atoms with Gasteiger partial charge in [0.1, 0.15) is 5.25 Å². The van der Waals surface area contributed by atoms with Gasteiger partial charge in [0.05, 0.1) is 5.69 Å². The average Bonchev–Trinajstić information content (AvgIpc) is 2.54. The third-order valence-corrected chi connectivity index (χ3v) is 7.52. The van der Waals surface area contributed by atoms with E-state index in [2.05, 4.69) is 23.0 Å². The van der Waals surface area contributed by atoms with E-state index in [4.69, 9.17) is 0 Å². The standard InChI is InChI=1S/C18H23N3O2S/c1-10-9-11(2)15(13(4)12(10)3)17-14(5)16-18(20-8-7-19-16)21(6)24(17,22)23/h7-9,14,17H,1-6H3. The lowest BCUT2D eigenvalue weighted by atomic mass is 9.87. The number of aryl methyl sites for hydroxylation is 2. The van der Waals surface area contributed by atoms with E-state index < -0.39 is 15.3 Å². The van der Waals surface area contributed by atoms with Crippen molar-refractivity contribution >= 4 is 15.8 Å². The van der Waals surface area contributed by atoms with Gasteiger partial charge >= 0.3 is 0 Å². The van der Waals surface area contributed by atoms with Crippen molar-refractivity contribution in [1.82, 2.24) is 9.97 Å². The minimum Gasteiger partial charge on any atom is -0.255 e. The highest BCUT2D eigenvalue weighted by molar-refractivity contribution is 7.93. The Balaban J connectivity index is 2.32. The quantitative estimate of drug-likeness (QED) is 0.795. The number of hydrogen-bond donors (Lipinski definition) is 0. The highest BCUT2D eigenvalue weighted by Crippen LogP contribution is 2.47. The second-order valence-electron chi connectivity index (χ2n) is 6.66. The molecule has 0 N–H and O–H groups in total. The molecule has 1 aliphatic heterocycles. The largest absolute Gasteiger partial charge is 0.255 e. The molecule has 6 heteroatoms. The summed E-state index contributed by atoms with van der Waals surface area (Å²) in [5.74, 6) is 0.176. The second-order valence-corrected chi connectivity index (χ2v) is 8.75. The first-order valence-electron chi connectivity index (χ1n) is 8.03. The molecule has 2 unspecified atom stereocenters. The summed E-state index contributed by atoms with van der Waals surface area (Å²) in [5, 5.41) is -0.647. The Morgan fingerprint density at radius 3 is 2.29 bits per heavy atom. The van der Waals surface area contributed by atoms with E-state index in [1.807, 2.05) is 27.7 Å². The summed E-state index contributed by atoms with van der Waals surface area (Å²) in [4.78, 5) is 8.66.